The zero-order chi connectivity index (χ0) is 15.1. The molecule has 0 aliphatic carbocycles. The minimum absolute atomic E-state index is 0.336. The van der Waals surface area contributed by atoms with Crippen molar-refractivity contribution in [3.63, 3.8) is 0 Å². The number of thiocarbonyl (C=S) groups is 1. The van der Waals surface area contributed by atoms with Gasteiger partial charge in [-0.1, -0.05) is 32.0 Å². The maximum absolute atomic E-state index is 5.66. The van der Waals surface area contributed by atoms with Crippen molar-refractivity contribution in [2.75, 3.05) is 38.5 Å². The number of fused-ring (bicyclic) bond motifs is 2. The molecule has 21 heavy (non-hydrogen) atoms. The van der Waals surface area contributed by atoms with Crippen LogP contribution in [-0.4, -0.2) is 48.1 Å². The van der Waals surface area contributed by atoms with Crippen LogP contribution < -0.4 is 5.32 Å². The molecule has 2 saturated heterocycles. The third-order valence-electron chi connectivity index (χ3n) is 4.61. The minimum atomic E-state index is 0.336. The highest BCUT2D eigenvalue weighted by molar-refractivity contribution is 7.80. The van der Waals surface area contributed by atoms with E-state index in [1.54, 1.807) is 0 Å². The second-order valence-electron chi connectivity index (χ2n) is 7.62. The van der Waals surface area contributed by atoms with E-state index in [1.807, 2.05) is 18.2 Å². The van der Waals surface area contributed by atoms with Gasteiger partial charge in [-0.15, -0.1) is 0 Å². The first-order chi connectivity index (χ1) is 9.88. The van der Waals surface area contributed by atoms with Gasteiger partial charge >= 0.3 is 0 Å². The lowest BCUT2D eigenvalue weighted by Gasteiger charge is -2.56. The molecule has 114 valence electrons. The largest absolute Gasteiger partial charge is 0.348 e. The lowest BCUT2D eigenvalue weighted by Crippen LogP contribution is -2.62. The lowest BCUT2D eigenvalue weighted by molar-refractivity contribution is -0.0424. The van der Waals surface area contributed by atoms with Gasteiger partial charge in [0.05, 0.1) is 0 Å². The number of para-hydroxylation sites is 1. The maximum atomic E-state index is 5.66. The molecule has 3 rings (SSSR count). The summed E-state index contributed by atoms with van der Waals surface area (Å²) in [5.41, 5.74) is 1.75. The molecule has 2 heterocycles. The second kappa shape index (κ2) is 5.25. The highest BCUT2D eigenvalue weighted by Gasteiger charge is 2.47. The molecular weight excluding hydrogens is 278 g/mol. The first-order valence-corrected chi connectivity index (χ1v) is 8.08. The zero-order valence-electron chi connectivity index (χ0n) is 13.2. The van der Waals surface area contributed by atoms with E-state index < -0.39 is 0 Å². The number of nitrogens with zero attached hydrogens (tertiary/aromatic N) is 2. The number of hydrogen-bond acceptors (Lipinski definition) is 2. The molecule has 0 radical (unpaired) electrons. The van der Waals surface area contributed by atoms with Gasteiger partial charge in [0.15, 0.2) is 5.11 Å². The van der Waals surface area contributed by atoms with E-state index in [2.05, 4.69) is 48.1 Å². The summed E-state index contributed by atoms with van der Waals surface area (Å²) in [7, 11) is 2.24. The SMILES string of the molecule is CN1C[C@@]2(C)CN(C(=S)Nc3ccccc3)C[C@](C)(C1)C2. The van der Waals surface area contributed by atoms with Gasteiger partial charge in [-0.25, -0.2) is 0 Å². The topological polar surface area (TPSA) is 18.5 Å². The molecule has 0 saturated carbocycles. The van der Waals surface area contributed by atoms with Crippen LogP contribution in [0.4, 0.5) is 5.69 Å². The van der Waals surface area contributed by atoms with Gasteiger partial charge in [0.2, 0.25) is 0 Å². The van der Waals surface area contributed by atoms with Crippen LogP contribution in [0, 0.1) is 10.8 Å². The molecule has 2 atom stereocenters. The van der Waals surface area contributed by atoms with E-state index >= 15 is 0 Å². The van der Waals surface area contributed by atoms with Gasteiger partial charge in [-0.05, 0) is 48.6 Å². The Morgan fingerprint density at radius 1 is 1.05 bits per heavy atom. The van der Waals surface area contributed by atoms with E-state index in [0.717, 1.165) is 37.0 Å². The number of benzene rings is 1. The van der Waals surface area contributed by atoms with E-state index in [0.29, 0.717) is 10.8 Å². The molecule has 4 heteroatoms. The molecule has 1 aromatic carbocycles. The minimum Gasteiger partial charge on any atom is -0.348 e. The molecule has 2 aliphatic rings. The second-order valence-corrected chi connectivity index (χ2v) is 8.01. The number of likely N-dealkylation sites (tertiary alicyclic amines) is 2. The van der Waals surface area contributed by atoms with Crippen LogP contribution in [0.1, 0.15) is 20.3 Å². The lowest BCUT2D eigenvalue weighted by atomic mass is 9.66. The Morgan fingerprint density at radius 2 is 1.62 bits per heavy atom. The molecule has 0 amide bonds. The summed E-state index contributed by atoms with van der Waals surface area (Å²) in [6.45, 7) is 9.22. The Bertz CT molecular complexity index is 512. The Labute approximate surface area is 133 Å². The van der Waals surface area contributed by atoms with Crippen molar-refractivity contribution in [3.05, 3.63) is 30.3 Å². The van der Waals surface area contributed by atoms with Crippen LogP contribution in [0.25, 0.3) is 0 Å². The summed E-state index contributed by atoms with van der Waals surface area (Å²) in [5.74, 6) is 0. The molecule has 1 N–H and O–H groups in total. The van der Waals surface area contributed by atoms with Crippen LogP contribution in [0.2, 0.25) is 0 Å². The van der Waals surface area contributed by atoms with Crippen LogP contribution in [0.15, 0.2) is 30.3 Å². The standard InChI is InChI=1S/C17H25N3S/c1-16-9-17(2,11-19(3)10-16)13-20(12-16)15(21)18-14-7-5-4-6-8-14/h4-8H,9-13H2,1-3H3,(H,18,21)/t16-,17-/m0/s1. The van der Waals surface area contributed by atoms with Gasteiger partial charge in [-0.2, -0.15) is 0 Å². The fourth-order valence-corrected chi connectivity index (χ4v) is 4.81. The molecule has 2 fully saturated rings. The molecule has 2 aliphatic heterocycles. The van der Waals surface area contributed by atoms with Gasteiger partial charge in [0.25, 0.3) is 0 Å². The van der Waals surface area contributed by atoms with Crippen LogP contribution >= 0.6 is 12.2 Å². The van der Waals surface area contributed by atoms with Gasteiger partial charge in [0.1, 0.15) is 0 Å². The average molecular weight is 303 g/mol. The third kappa shape index (κ3) is 3.22. The third-order valence-corrected chi connectivity index (χ3v) is 4.97. The zero-order valence-corrected chi connectivity index (χ0v) is 14.0. The van der Waals surface area contributed by atoms with Crippen molar-refractivity contribution in [1.29, 1.82) is 0 Å². The molecule has 1 aromatic rings. The average Bonchev–Trinajstić information content (AvgIpc) is 2.36. The molecule has 3 nitrogen and oxygen atoms in total. The summed E-state index contributed by atoms with van der Waals surface area (Å²) in [4.78, 5) is 4.85. The van der Waals surface area contributed by atoms with Crippen molar-refractivity contribution < 1.29 is 0 Å². The van der Waals surface area contributed by atoms with E-state index in [9.17, 15) is 0 Å². The van der Waals surface area contributed by atoms with Gasteiger partial charge < -0.3 is 15.1 Å². The Kier molecular flexibility index (Phi) is 3.70. The van der Waals surface area contributed by atoms with E-state index in [-0.39, 0.29) is 0 Å². The first kappa shape index (κ1) is 14.8. The summed E-state index contributed by atoms with van der Waals surface area (Å²) < 4.78 is 0. The van der Waals surface area contributed by atoms with Crippen molar-refractivity contribution in [2.24, 2.45) is 10.8 Å². The molecule has 0 unspecified atom stereocenters. The fraction of sp³-hybridized carbons (Fsp3) is 0.588. The summed E-state index contributed by atoms with van der Waals surface area (Å²) in [6, 6.07) is 10.2. The van der Waals surface area contributed by atoms with Crippen LogP contribution in [-0.2, 0) is 0 Å². The predicted octanol–water partition coefficient (Wildman–Crippen LogP) is 3.05. The molecule has 2 bridgehead atoms. The Balaban J connectivity index is 1.73. The highest BCUT2D eigenvalue weighted by Crippen LogP contribution is 2.45. The number of anilines is 1. The first-order valence-electron chi connectivity index (χ1n) is 7.67. The van der Waals surface area contributed by atoms with Crippen molar-refractivity contribution >= 4 is 23.0 Å². The van der Waals surface area contributed by atoms with Crippen LogP contribution in [0.3, 0.4) is 0 Å². The highest BCUT2D eigenvalue weighted by atomic mass is 32.1. The Hall–Kier alpha value is -1.13. The number of piperidine rings is 2. The monoisotopic (exact) mass is 303 g/mol. The van der Waals surface area contributed by atoms with Crippen molar-refractivity contribution in [2.45, 2.75) is 20.3 Å². The van der Waals surface area contributed by atoms with E-state index in [1.165, 1.54) is 6.42 Å². The summed E-state index contributed by atoms with van der Waals surface area (Å²) in [6.07, 6.45) is 1.30. The molecular formula is C17H25N3S. The Morgan fingerprint density at radius 3 is 2.19 bits per heavy atom. The van der Waals surface area contributed by atoms with E-state index in [4.69, 9.17) is 12.2 Å². The quantitative estimate of drug-likeness (QED) is 0.803. The smallest absolute Gasteiger partial charge is 0.173 e. The molecule has 0 spiro atoms. The fourth-order valence-electron chi connectivity index (χ4n) is 4.56. The molecule has 0 aromatic heterocycles. The van der Waals surface area contributed by atoms with Gasteiger partial charge in [-0.3, -0.25) is 0 Å². The van der Waals surface area contributed by atoms with Gasteiger partial charge in [0, 0.05) is 31.9 Å². The van der Waals surface area contributed by atoms with Crippen LogP contribution in [0.5, 0.6) is 0 Å². The summed E-state index contributed by atoms with van der Waals surface area (Å²) in [5, 5.41) is 4.25. The summed E-state index contributed by atoms with van der Waals surface area (Å²) >= 11 is 5.66. The van der Waals surface area contributed by atoms with Crippen molar-refractivity contribution in [1.82, 2.24) is 9.80 Å². The normalized spacial score (nSPS) is 32.8. The predicted molar refractivity (Wildman–Crippen MR) is 92.6 cm³/mol. The maximum Gasteiger partial charge on any atom is 0.173 e. The number of rotatable bonds is 1. The number of nitrogens with one attached hydrogen (secondary N) is 1. The number of hydrogen-bond donors (Lipinski definition) is 1. The van der Waals surface area contributed by atoms with Crippen molar-refractivity contribution in [3.8, 4) is 0 Å².